The average Bonchev–Trinajstić information content (AvgIpc) is 3.25. The smallest absolute Gasteiger partial charge is 0.217 e. The molecule has 0 aliphatic carbocycles. The van der Waals surface area contributed by atoms with E-state index in [-0.39, 0.29) is 29.3 Å². The zero-order valence-corrected chi connectivity index (χ0v) is 20.9. The van der Waals surface area contributed by atoms with Crippen molar-refractivity contribution in [1.82, 2.24) is 25.0 Å². The SMILES string of the molecule is CC(=O)NC(C)c1ccc(C(=O)CSc2nnc(CN3CCCCC3)n2-c2ccc(F)cc2)cc1. The predicted molar refractivity (Wildman–Crippen MR) is 134 cm³/mol. The van der Waals surface area contributed by atoms with Crippen molar-refractivity contribution in [3.63, 3.8) is 0 Å². The minimum Gasteiger partial charge on any atom is -0.350 e. The van der Waals surface area contributed by atoms with E-state index in [9.17, 15) is 14.0 Å². The number of Topliss-reactive ketones (excluding diaryl/α,β-unsaturated/α-hetero) is 1. The Kier molecular flexibility index (Phi) is 8.30. The van der Waals surface area contributed by atoms with E-state index in [1.165, 1.54) is 50.1 Å². The summed E-state index contributed by atoms with van der Waals surface area (Å²) < 4.78 is 15.5. The summed E-state index contributed by atoms with van der Waals surface area (Å²) >= 11 is 1.32. The Labute approximate surface area is 209 Å². The van der Waals surface area contributed by atoms with Crippen molar-refractivity contribution < 1.29 is 14.0 Å². The number of aromatic nitrogens is 3. The number of nitrogens with zero attached hydrogens (tertiary/aromatic N) is 4. The molecule has 0 spiro atoms. The molecule has 1 unspecified atom stereocenters. The lowest BCUT2D eigenvalue weighted by Gasteiger charge is -2.26. The Morgan fingerprint density at radius 2 is 1.71 bits per heavy atom. The maximum absolute atomic E-state index is 13.6. The van der Waals surface area contributed by atoms with Gasteiger partial charge in [0.2, 0.25) is 5.91 Å². The lowest BCUT2D eigenvalue weighted by molar-refractivity contribution is -0.119. The van der Waals surface area contributed by atoms with E-state index in [0.717, 1.165) is 30.2 Å². The molecule has 7 nitrogen and oxygen atoms in total. The summed E-state index contributed by atoms with van der Waals surface area (Å²) in [6.45, 7) is 6.08. The lowest BCUT2D eigenvalue weighted by Crippen LogP contribution is -2.30. The topological polar surface area (TPSA) is 80.1 Å². The van der Waals surface area contributed by atoms with Crippen LogP contribution in [0.25, 0.3) is 5.69 Å². The van der Waals surface area contributed by atoms with Crippen molar-refractivity contribution in [3.8, 4) is 5.69 Å². The van der Waals surface area contributed by atoms with Gasteiger partial charge in [-0.3, -0.25) is 19.1 Å². The second kappa shape index (κ2) is 11.6. The van der Waals surface area contributed by atoms with Crippen LogP contribution >= 0.6 is 11.8 Å². The van der Waals surface area contributed by atoms with Crippen LogP contribution in [0, 0.1) is 5.82 Å². The van der Waals surface area contributed by atoms with Gasteiger partial charge in [-0.15, -0.1) is 10.2 Å². The second-order valence-corrected chi connectivity index (χ2v) is 9.75. The van der Waals surface area contributed by atoms with Crippen LogP contribution in [-0.4, -0.2) is 50.2 Å². The molecular weight excluding hydrogens is 465 g/mol. The zero-order chi connectivity index (χ0) is 24.8. The molecule has 1 amide bonds. The molecule has 2 heterocycles. The number of hydrogen-bond acceptors (Lipinski definition) is 6. The molecule has 1 fully saturated rings. The molecule has 2 aromatic carbocycles. The highest BCUT2D eigenvalue weighted by atomic mass is 32.2. The molecule has 1 aliphatic rings. The number of carbonyl (C=O) groups is 2. The third-order valence-electron chi connectivity index (χ3n) is 6.08. The summed E-state index contributed by atoms with van der Waals surface area (Å²) in [7, 11) is 0. The van der Waals surface area contributed by atoms with Crippen LogP contribution < -0.4 is 5.32 Å². The fraction of sp³-hybridized carbons (Fsp3) is 0.385. The van der Waals surface area contributed by atoms with Crippen LogP contribution in [0.3, 0.4) is 0 Å². The number of amides is 1. The van der Waals surface area contributed by atoms with Gasteiger partial charge in [-0.2, -0.15) is 0 Å². The molecule has 184 valence electrons. The summed E-state index contributed by atoms with van der Waals surface area (Å²) in [6, 6.07) is 13.4. The van der Waals surface area contributed by atoms with Gasteiger partial charge >= 0.3 is 0 Å². The minimum absolute atomic E-state index is 0.0278. The van der Waals surface area contributed by atoms with E-state index in [4.69, 9.17) is 0 Å². The molecule has 4 rings (SSSR count). The minimum atomic E-state index is -0.306. The number of nitrogens with one attached hydrogen (secondary N) is 1. The Hall–Kier alpha value is -3.04. The molecular formula is C26H30FN5O2S. The molecule has 0 radical (unpaired) electrons. The first-order valence-electron chi connectivity index (χ1n) is 11.9. The third kappa shape index (κ3) is 6.55. The van der Waals surface area contributed by atoms with Crippen LogP contribution in [-0.2, 0) is 11.3 Å². The number of benzene rings is 2. The molecule has 1 saturated heterocycles. The number of ketones is 1. The Balaban J connectivity index is 1.48. The largest absolute Gasteiger partial charge is 0.350 e. The molecule has 1 atom stereocenters. The quantitative estimate of drug-likeness (QED) is 0.346. The number of piperidine rings is 1. The third-order valence-corrected chi connectivity index (χ3v) is 7.01. The molecule has 0 bridgehead atoms. The van der Waals surface area contributed by atoms with Gasteiger partial charge in [-0.05, 0) is 62.7 Å². The summed E-state index contributed by atoms with van der Waals surface area (Å²) in [5, 5.41) is 12.2. The Bertz CT molecular complexity index is 1160. The predicted octanol–water partition coefficient (Wildman–Crippen LogP) is 4.56. The van der Waals surface area contributed by atoms with Crippen LogP contribution in [0.5, 0.6) is 0 Å². The molecule has 35 heavy (non-hydrogen) atoms. The number of hydrogen-bond donors (Lipinski definition) is 1. The molecule has 0 saturated carbocycles. The van der Waals surface area contributed by atoms with E-state index in [0.29, 0.717) is 17.3 Å². The van der Waals surface area contributed by atoms with Gasteiger partial charge in [0.1, 0.15) is 5.82 Å². The molecule has 9 heteroatoms. The molecule has 3 aromatic rings. The number of rotatable bonds is 9. The average molecular weight is 496 g/mol. The van der Waals surface area contributed by atoms with Crippen molar-refractivity contribution in [2.24, 2.45) is 0 Å². The fourth-order valence-corrected chi connectivity index (χ4v) is 5.09. The monoisotopic (exact) mass is 495 g/mol. The molecule has 1 aromatic heterocycles. The highest BCUT2D eigenvalue weighted by Gasteiger charge is 2.20. The second-order valence-electron chi connectivity index (χ2n) is 8.80. The van der Waals surface area contributed by atoms with E-state index in [1.807, 2.05) is 23.6 Å². The molecule has 1 N–H and O–H groups in total. The first kappa shape index (κ1) is 25.1. The highest BCUT2D eigenvalue weighted by molar-refractivity contribution is 7.99. The van der Waals surface area contributed by atoms with Gasteiger partial charge < -0.3 is 5.32 Å². The maximum atomic E-state index is 13.6. The lowest BCUT2D eigenvalue weighted by atomic mass is 10.0. The van der Waals surface area contributed by atoms with E-state index in [1.54, 1.807) is 24.3 Å². The number of carbonyl (C=O) groups excluding carboxylic acids is 2. The van der Waals surface area contributed by atoms with E-state index < -0.39 is 0 Å². The maximum Gasteiger partial charge on any atom is 0.217 e. The fourth-order valence-electron chi connectivity index (χ4n) is 4.22. The van der Waals surface area contributed by atoms with Crippen molar-refractivity contribution in [3.05, 3.63) is 71.3 Å². The van der Waals surface area contributed by atoms with Gasteiger partial charge in [0.25, 0.3) is 0 Å². The van der Waals surface area contributed by atoms with Gasteiger partial charge in [-0.1, -0.05) is 42.4 Å². The summed E-state index contributed by atoms with van der Waals surface area (Å²) in [4.78, 5) is 26.5. The van der Waals surface area contributed by atoms with Crippen LogP contribution in [0.4, 0.5) is 4.39 Å². The first-order valence-corrected chi connectivity index (χ1v) is 12.8. The normalized spacial score (nSPS) is 15.1. The van der Waals surface area contributed by atoms with Gasteiger partial charge in [-0.25, -0.2) is 4.39 Å². The summed E-state index contributed by atoms with van der Waals surface area (Å²) in [5.41, 5.74) is 2.30. The Morgan fingerprint density at radius 1 is 1.03 bits per heavy atom. The van der Waals surface area contributed by atoms with Crippen LogP contribution in [0.15, 0.2) is 53.7 Å². The number of thioether (sulfide) groups is 1. The van der Waals surface area contributed by atoms with Crippen molar-refractivity contribution in [2.75, 3.05) is 18.8 Å². The van der Waals surface area contributed by atoms with Crippen LogP contribution in [0.2, 0.25) is 0 Å². The zero-order valence-electron chi connectivity index (χ0n) is 20.0. The first-order chi connectivity index (χ1) is 16.9. The van der Waals surface area contributed by atoms with Crippen LogP contribution in [0.1, 0.15) is 60.9 Å². The van der Waals surface area contributed by atoms with E-state index >= 15 is 0 Å². The van der Waals surface area contributed by atoms with Crippen molar-refractivity contribution >= 4 is 23.5 Å². The number of likely N-dealkylation sites (tertiary alicyclic amines) is 1. The number of halogens is 1. The Morgan fingerprint density at radius 3 is 2.37 bits per heavy atom. The van der Waals surface area contributed by atoms with Crippen molar-refractivity contribution in [1.29, 1.82) is 0 Å². The standard InChI is InChI=1S/C26H30FN5O2S/c1-18(28-19(2)33)20-6-8-21(9-7-20)24(34)17-35-26-30-29-25(16-31-14-4-3-5-15-31)32(26)23-12-10-22(27)11-13-23/h6-13,18H,3-5,14-17H2,1-2H3,(H,28,33). The summed E-state index contributed by atoms with van der Waals surface area (Å²) in [5.74, 6) is 0.549. The summed E-state index contributed by atoms with van der Waals surface area (Å²) in [6.07, 6.45) is 3.59. The van der Waals surface area contributed by atoms with Gasteiger partial charge in [0, 0.05) is 18.2 Å². The molecule has 1 aliphatic heterocycles. The van der Waals surface area contributed by atoms with Gasteiger partial charge in [0.05, 0.1) is 18.3 Å². The van der Waals surface area contributed by atoms with Gasteiger partial charge in [0.15, 0.2) is 16.8 Å². The van der Waals surface area contributed by atoms with Crippen molar-refractivity contribution in [2.45, 2.75) is 50.9 Å². The highest BCUT2D eigenvalue weighted by Crippen LogP contribution is 2.25. The van der Waals surface area contributed by atoms with E-state index in [2.05, 4.69) is 20.4 Å².